The van der Waals surface area contributed by atoms with Crippen LogP contribution in [0.15, 0.2) is 18.2 Å². The zero-order valence-electron chi connectivity index (χ0n) is 12.2. The molecule has 1 aliphatic rings. The smallest absolute Gasteiger partial charge is 0.226 e. The van der Waals surface area contributed by atoms with Gasteiger partial charge in [0, 0.05) is 30.8 Å². The molecule has 0 atom stereocenters. The minimum atomic E-state index is 0.0206. The van der Waals surface area contributed by atoms with Gasteiger partial charge < -0.3 is 10.2 Å². The molecule has 2 rings (SSSR count). The largest absolute Gasteiger partial charge is 0.326 e. The second kappa shape index (κ2) is 6.55. The number of piperidine rings is 1. The number of amides is 2. The molecule has 1 saturated heterocycles. The van der Waals surface area contributed by atoms with Crippen molar-refractivity contribution in [3.05, 3.63) is 23.8 Å². The van der Waals surface area contributed by atoms with E-state index in [2.05, 4.69) is 5.32 Å². The van der Waals surface area contributed by atoms with E-state index >= 15 is 0 Å². The van der Waals surface area contributed by atoms with Gasteiger partial charge in [0.05, 0.1) is 0 Å². The summed E-state index contributed by atoms with van der Waals surface area (Å²) < 4.78 is 0. The Labute approximate surface area is 120 Å². The van der Waals surface area contributed by atoms with Crippen LogP contribution in [-0.4, -0.2) is 18.4 Å². The van der Waals surface area contributed by atoms with Gasteiger partial charge in [-0.3, -0.25) is 9.59 Å². The SMILES string of the molecule is CCCC(=O)Nc1ccc(C)c(N2CCCCC2=O)c1. The Morgan fingerprint density at radius 3 is 2.85 bits per heavy atom. The summed E-state index contributed by atoms with van der Waals surface area (Å²) in [7, 11) is 0. The average Bonchev–Trinajstić information content (AvgIpc) is 2.42. The molecule has 1 heterocycles. The van der Waals surface area contributed by atoms with Crippen molar-refractivity contribution in [1.82, 2.24) is 0 Å². The molecule has 0 radical (unpaired) electrons. The summed E-state index contributed by atoms with van der Waals surface area (Å²) in [5.41, 5.74) is 2.75. The first kappa shape index (κ1) is 14.6. The molecule has 1 aliphatic heterocycles. The van der Waals surface area contributed by atoms with Crippen LogP contribution in [0.25, 0.3) is 0 Å². The molecule has 0 aromatic heterocycles. The summed E-state index contributed by atoms with van der Waals surface area (Å²) in [6, 6.07) is 5.76. The summed E-state index contributed by atoms with van der Waals surface area (Å²) in [4.78, 5) is 25.5. The Balaban J connectivity index is 2.20. The Morgan fingerprint density at radius 1 is 1.35 bits per heavy atom. The molecule has 108 valence electrons. The lowest BCUT2D eigenvalue weighted by Gasteiger charge is -2.28. The molecule has 4 heteroatoms. The number of carbonyl (C=O) groups is 2. The maximum atomic E-state index is 12.0. The Kier molecular flexibility index (Phi) is 4.77. The molecule has 0 saturated carbocycles. The normalized spacial score (nSPS) is 15.3. The van der Waals surface area contributed by atoms with Crippen LogP contribution in [0.3, 0.4) is 0 Å². The van der Waals surface area contributed by atoms with E-state index in [0.717, 1.165) is 42.7 Å². The third kappa shape index (κ3) is 3.38. The van der Waals surface area contributed by atoms with E-state index in [-0.39, 0.29) is 11.8 Å². The van der Waals surface area contributed by atoms with Crippen molar-refractivity contribution in [2.75, 3.05) is 16.8 Å². The number of nitrogens with zero attached hydrogens (tertiary/aromatic N) is 1. The predicted octanol–water partition coefficient (Wildman–Crippen LogP) is 3.25. The third-order valence-electron chi connectivity index (χ3n) is 3.58. The highest BCUT2D eigenvalue weighted by atomic mass is 16.2. The van der Waals surface area contributed by atoms with Crippen molar-refractivity contribution in [3.8, 4) is 0 Å². The number of nitrogens with one attached hydrogen (secondary N) is 1. The highest BCUT2D eigenvalue weighted by molar-refractivity contribution is 5.96. The maximum Gasteiger partial charge on any atom is 0.226 e. The standard InChI is InChI=1S/C16H22N2O2/c1-3-6-15(19)17-13-9-8-12(2)14(11-13)18-10-5-4-7-16(18)20/h8-9,11H,3-7,10H2,1-2H3,(H,17,19). The zero-order chi connectivity index (χ0) is 14.5. The number of rotatable bonds is 4. The second-order valence-electron chi connectivity index (χ2n) is 5.30. The minimum absolute atomic E-state index is 0.0206. The van der Waals surface area contributed by atoms with Crippen LogP contribution in [0.5, 0.6) is 0 Å². The molecule has 0 aliphatic carbocycles. The Hall–Kier alpha value is -1.84. The molecule has 1 aromatic carbocycles. The number of hydrogen-bond donors (Lipinski definition) is 1. The molecule has 20 heavy (non-hydrogen) atoms. The van der Waals surface area contributed by atoms with Crippen LogP contribution in [0, 0.1) is 6.92 Å². The monoisotopic (exact) mass is 274 g/mol. The second-order valence-corrected chi connectivity index (χ2v) is 5.30. The van der Waals surface area contributed by atoms with Gasteiger partial charge in [0.2, 0.25) is 11.8 Å². The highest BCUT2D eigenvalue weighted by Gasteiger charge is 2.21. The fraction of sp³-hybridized carbons (Fsp3) is 0.500. The molecule has 1 aromatic rings. The number of carbonyl (C=O) groups excluding carboxylic acids is 2. The summed E-state index contributed by atoms with van der Waals surface area (Å²) in [5, 5.41) is 2.89. The number of anilines is 2. The van der Waals surface area contributed by atoms with Crippen molar-refractivity contribution in [3.63, 3.8) is 0 Å². The van der Waals surface area contributed by atoms with E-state index in [9.17, 15) is 9.59 Å². The maximum absolute atomic E-state index is 12.0. The van der Waals surface area contributed by atoms with Gasteiger partial charge >= 0.3 is 0 Å². The van der Waals surface area contributed by atoms with Gasteiger partial charge in [0.25, 0.3) is 0 Å². The summed E-state index contributed by atoms with van der Waals surface area (Å²) in [6.45, 7) is 4.74. The lowest BCUT2D eigenvalue weighted by molar-refractivity contribution is -0.119. The number of aryl methyl sites for hydroxylation is 1. The quantitative estimate of drug-likeness (QED) is 0.916. The van der Waals surface area contributed by atoms with Crippen LogP contribution in [0.2, 0.25) is 0 Å². The summed E-state index contributed by atoms with van der Waals surface area (Å²) >= 11 is 0. The highest BCUT2D eigenvalue weighted by Crippen LogP contribution is 2.27. The van der Waals surface area contributed by atoms with Gasteiger partial charge in [-0.2, -0.15) is 0 Å². The Bertz CT molecular complexity index is 511. The Morgan fingerprint density at radius 2 is 2.15 bits per heavy atom. The number of hydrogen-bond acceptors (Lipinski definition) is 2. The van der Waals surface area contributed by atoms with Crippen molar-refractivity contribution in [2.45, 2.75) is 46.0 Å². The van der Waals surface area contributed by atoms with E-state index in [1.165, 1.54) is 0 Å². The van der Waals surface area contributed by atoms with Gasteiger partial charge in [-0.25, -0.2) is 0 Å². The van der Waals surface area contributed by atoms with Crippen LogP contribution in [0.1, 0.15) is 44.6 Å². The molecular weight excluding hydrogens is 252 g/mol. The van der Waals surface area contributed by atoms with Crippen LogP contribution in [0.4, 0.5) is 11.4 Å². The molecular formula is C16H22N2O2. The molecule has 2 amide bonds. The van der Waals surface area contributed by atoms with Gasteiger partial charge in [-0.1, -0.05) is 13.0 Å². The van der Waals surface area contributed by atoms with E-state index < -0.39 is 0 Å². The number of benzene rings is 1. The summed E-state index contributed by atoms with van der Waals surface area (Å²) in [5.74, 6) is 0.198. The summed E-state index contributed by atoms with van der Waals surface area (Å²) in [6.07, 6.45) is 3.98. The fourth-order valence-electron chi connectivity index (χ4n) is 2.49. The molecule has 1 N–H and O–H groups in total. The van der Waals surface area contributed by atoms with E-state index in [4.69, 9.17) is 0 Å². The van der Waals surface area contributed by atoms with Crippen LogP contribution in [-0.2, 0) is 9.59 Å². The average molecular weight is 274 g/mol. The molecule has 4 nitrogen and oxygen atoms in total. The first-order valence-corrected chi connectivity index (χ1v) is 7.32. The molecule has 0 unspecified atom stereocenters. The van der Waals surface area contributed by atoms with Crippen LogP contribution < -0.4 is 10.2 Å². The first-order chi connectivity index (χ1) is 9.61. The van der Waals surface area contributed by atoms with Crippen molar-refractivity contribution in [2.24, 2.45) is 0 Å². The topological polar surface area (TPSA) is 49.4 Å². The van der Waals surface area contributed by atoms with Crippen LogP contribution >= 0.6 is 0 Å². The minimum Gasteiger partial charge on any atom is -0.326 e. The van der Waals surface area contributed by atoms with E-state index in [1.54, 1.807) is 0 Å². The van der Waals surface area contributed by atoms with Crippen molar-refractivity contribution >= 4 is 23.2 Å². The lowest BCUT2D eigenvalue weighted by atomic mass is 10.1. The lowest BCUT2D eigenvalue weighted by Crippen LogP contribution is -2.35. The van der Waals surface area contributed by atoms with Gasteiger partial charge in [0.1, 0.15) is 0 Å². The van der Waals surface area contributed by atoms with Gasteiger partial charge in [-0.15, -0.1) is 0 Å². The van der Waals surface area contributed by atoms with E-state index in [0.29, 0.717) is 12.8 Å². The zero-order valence-corrected chi connectivity index (χ0v) is 12.2. The molecule has 0 spiro atoms. The predicted molar refractivity (Wildman–Crippen MR) is 80.9 cm³/mol. The third-order valence-corrected chi connectivity index (χ3v) is 3.58. The van der Waals surface area contributed by atoms with Gasteiger partial charge in [0.15, 0.2) is 0 Å². The molecule has 1 fully saturated rings. The fourth-order valence-corrected chi connectivity index (χ4v) is 2.49. The molecule has 0 bridgehead atoms. The van der Waals surface area contributed by atoms with E-state index in [1.807, 2.05) is 36.9 Å². The van der Waals surface area contributed by atoms with Crippen molar-refractivity contribution < 1.29 is 9.59 Å². The van der Waals surface area contributed by atoms with Gasteiger partial charge in [-0.05, 0) is 43.9 Å². The van der Waals surface area contributed by atoms with Crippen molar-refractivity contribution in [1.29, 1.82) is 0 Å². The first-order valence-electron chi connectivity index (χ1n) is 7.32.